The van der Waals surface area contributed by atoms with Crippen LogP contribution in [-0.2, 0) is 27.2 Å². The highest BCUT2D eigenvalue weighted by atomic mass is 79.9. The van der Waals surface area contributed by atoms with E-state index in [1.165, 1.54) is 0 Å². The highest BCUT2D eigenvalue weighted by Crippen LogP contribution is 2.60. The largest absolute Gasteiger partial charge is 0.461 e. The lowest BCUT2D eigenvalue weighted by atomic mass is 9.79. The molecule has 1 saturated heterocycles. The fraction of sp³-hybridized carbons (Fsp3) is 0.423. The molecule has 172 valence electrons. The number of esters is 1. The molecule has 2 N–H and O–H groups in total. The lowest BCUT2D eigenvalue weighted by molar-refractivity contribution is -0.145. The number of hydrogen-bond acceptors (Lipinski definition) is 4. The fourth-order valence-electron chi connectivity index (χ4n) is 5.85. The SMILES string of the molecule is CCc1cccc(CC)c1NC(=O)c1ccc(NC(=O)[C@@H]2[C@H]3C[C@H]4[C@H](OC(=O)[C@@H]42)[C@H]3Br)cc1. The number of nitrogens with one attached hydrogen (secondary N) is 2. The van der Waals surface area contributed by atoms with E-state index < -0.39 is 0 Å². The van der Waals surface area contributed by atoms with Crippen molar-refractivity contribution < 1.29 is 19.1 Å². The minimum atomic E-state index is -0.383. The number of anilines is 2. The number of hydrogen-bond donors (Lipinski definition) is 2. The third-order valence-corrected chi connectivity index (χ3v) is 8.68. The molecule has 7 heteroatoms. The Morgan fingerprint density at radius 1 is 1.00 bits per heavy atom. The maximum absolute atomic E-state index is 13.1. The van der Waals surface area contributed by atoms with E-state index in [2.05, 4.69) is 40.4 Å². The van der Waals surface area contributed by atoms with Crippen LogP contribution in [0.4, 0.5) is 11.4 Å². The summed E-state index contributed by atoms with van der Waals surface area (Å²) in [6, 6.07) is 13.0. The van der Waals surface area contributed by atoms with Crippen LogP contribution < -0.4 is 10.6 Å². The van der Waals surface area contributed by atoms with Gasteiger partial charge in [-0.25, -0.2) is 0 Å². The molecule has 0 aromatic heterocycles. The van der Waals surface area contributed by atoms with Crippen molar-refractivity contribution in [2.24, 2.45) is 23.7 Å². The molecular weight excluding hydrogens is 484 g/mol. The summed E-state index contributed by atoms with van der Waals surface area (Å²) in [6.45, 7) is 4.14. The first-order chi connectivity index (χ1) is 15.9. The minimum absolute atomic E-state index is 0.0334. The first-order valence-corrected chi connectivity index (χ1v) is 12.5. The van der Waals surface area contributed by atoms with E-state index in [4.69, 9.17) is 4.74 Å². The van der Waals surface area contributed by atoms with Gasteiger partial charge in [0.15, 0.2) is 0 Å². The molecule has 1 aliphatic heterocycles. The van der Waals surface area contributed by atoms with Gasteiger partial charge in [0.25, 0.3) is 5.91 Å². The molecule has 2 aromatic rings. The molecule has 0 unspecified atom stereocenters. The Labute approximate surface area is 201 Å². The average molecular weight is 511 g/mol. The molecule has 3 aliphatic rings. The van der Waals surface area contributed by atoms with Crippen LogP contribution >= 0.6 is 15.9 Å². The van der Waals surface area contributed by atoms with Gasteiger partial charge < -0.3 is 15.4 Å². The van der Waals surface area contributed by atoms with Gasteiger partial charge in [-0.3, -0.25) is 14.4 Å². The molecule has 2 aromatic carbocycles. The van der Waals surface area contributed by atoms with Crippen molar-refractivity contribution in [2.45, 2.75) is 44.0 Å². The van der Waals surface area contributed by atoms with Crippen LogP contribution in [0, 0.1) is 23.7 Å². The van der Waals surface area contributed by atoms with Crippen LogP contribution in [0.3, 0.4) is 0 Å². The zero-order chi connectivity index (χ0) is 23.3. The summed E-state index contributed by atoms with van der Waals surface area (Å²) >= 11 is 3.64. The Hall–Kier alpha value is -2.67. The molecular formula is C26H27BrN2O4. The Morgan fingerprint density at radius 2 is 1.67 bits per heavy atom. The quantitative estimate of drug-likeness (QED) is 0.440. The van der Waals surface area contributed by atoms with Crippen molar-refractivity contribution in [1.82, 2.24) is 0 Å². The van der Waals surface area contributed by atoms with Gasteiger partial charge in [-0.2, -0.15) is 0 Å². The number of carbonyl (C=O) groups is 3. The summed E-state index contributed by atoms with van der Waals surface area (Å²) in [7, 11) is 0. The van der Waals surface area contributed by atoms with Gasteiger partial charge in [-0.05, 0) is 60.6 Å². The maximum atomic E-state index is 13.1. The normalized spacial score (nSPS) is 29.1. The van der Waals surface area contributed by atoms with Gasteiger partial charge in [-0.1, -0.05) is 48.0 Å². The number of amides is 2. The second kappa shape index (κ2) is 8.60. The van der Waals surface area contributed by atoms with E-state index in [-0.39, 0.29) is 52.4 Å². The first kappa shape index (κ1) is 22.1. The van der Waals surface area contributed by atoms with E-state index in [1.807, 2.05) is 18.2 Å². The van der Waals surface area contributed by atoms with Crippen molar-refractivity contribution in [3.8, 4) is 0 Å². The van der Waals surface area contributed by atoms with Crippen molar-refractivity contribution in [3.05, 3.63) is 59.2 Å². The van der Waals surface area contributed by atoms with Crippen LogP contribution in [0.5, 0.6) is 0 Å². The molecule has 6 nitrogen and oxygen atoms in total. The molecule has 0 spiro atoms. The second-order valence-electron chi connectivity index (χ2n) is 9.14. The first-order valence-electron chi connectivity index (χ1n) is 11.6. The maximum Gasteiger partial charge on any atom is 0.310 e. The third kappa shape index (κ3) is 3.66. The van der Waals surface area contributed by atoms with Crippen LogP contribution in [0.2, 0.25) is 0 Å². The fourth-order valence-corrected chi connectivity index (χ4v) is 6.89. The number of halogens is 1. The molecule has 2 amide bonds. The number of aryl methyl sites for hydroxylation is 2. The summed E-state index contributed by atoms with van der Waals surface area (Å²) < 4.78 is 5.50. The number of ether oxygens (including phenoxy) is 1. The van der Waals surface area contributed by atoms with E-state index in [0.29, 0.717) is 11.3 Å². The lowest BCUT2D eigenvalue weighted by Gasteiger charge is -2.27. The highest BCUT2D eigenvalue weighted by molar-refractivity contribution is 9.09. The number of para-hydroxylation sites is 1. The van der Waals surface area contributed by atoms with Gasteiger partial charge in [0.1, 0.15) is 6.10 Å². The van der Waals surface area contributed by atoms with E-state index in [1.54, 1.807) is 24.3 Å². The zero-order valence-corrected chi connectivity index (χ0v) is 20.2. The van der Waals surface area contributed by atoms with Gasteiger partial charge in [0.05, 0.1) is 16.7 Å². The topological polar surface area (TPSA) is 84.5 Å². The van der Waals surface area contributed by atoms with E-state index in [9.17, 15) is 14.4 Å². The molecule has 5 rings (SSSR count). The Bertz CT molecular complexity index is 1090. The van der Waals surface area contributed by atoms with Crippen LogP contribution in [0.25, 0.3) is 0 Å². The number of fused-ring (bicyclic) bond motifs is 1. The van der Waals surface area contributed by atoms with Crippen molar-refractivity contribution in [1.29, 1.82) is 0 Å². The third-order valence-electron chi connectivity index (χ3n) is 7.48. The summed E-state index contributed by atoms with van der Waals surface area (Å²) in [4.78, 5) is 38.3. The number of rotatable bonds is 6. The summed E-state index contributed by atoms with van der Waals surface area (Å²) in [5.74, 6) is -1.08. The number of alkyl halides is 1. The van der Waals surface area contributed by atoms with Gasteiger partial charge in [0.2, 0.25) is 5.91 Å². The highest BCUT2D eigenvalue weighted by Gasteiger charge is 2.67. The summed E-state index contributed by atoms with van der Waals surface area (Å²) in [5.41, 5.74) is 4.22. The van der Waals surface area contributed by atoms with Gasteiger partial charge in [-0.15, -0.1) is 0 Å². The van der Waals surface area contributed by atoms with E-state index in [0.717, 1.165) is 36.1 Å². The molecule has 0 radical (unpaired) electrons. The van der Waals surface area contributed by atoms with Crippen molar-refractivity contribution in [3.63, 3.8) is 0 Å². The molecule has 33 heavy (non-hydrogen) atoms. The zero-order valence-electron chi connectivity index (χ0n) is 18.6. The second-order valence-corrected chi connectivity index (χ2v) is 10.2. The Kier molecular flexibility index (Phi) is 5.77. The van der Waals surface area contributed by atoms with Crippen molar-refractivity contribution in [2.75, 3.05) is 10.6 Å². The molecule has 2 saturated carbocycles. The van der Waals surface area contributed by atoms with Gasteiger partial charge in [0, 0.05) is 22.9 Å². The average Bonchev–Trinajstić information content (AvgIpc) is 3.44. The predicted molar refractivity (Wildman–Crippen MR) is 129 cm³/mol. The Balaban J connectivity index is 1.28. The van der Waals surface area contributed by atoms with Crippen LogP contribution in [0.1, 0.15) is 41.8 Å². The standard InChI is InChI=1S/C26H27BrN2O4/c1-3-13-6-5-7-14(4-2)22(13)29-24(30)15-8-10-16(11-9-15)28-25(31)19-17-12-18-20(19)26(32)33-23(18)21(17)27/h5-11,17-21,23H,3-4,12H2,1-2H3,(H,28,31)(H,29,30)/t17-,18-,19-,20+,21+,23+/m1/s1. The number of carbonyl (C=O) groups excluding carboxylic acids is 3. The summed E-state index contributed by atoms with van der Waals surface area (Å²) in [5, 5.41) is 6.01. The Morgan fingerprint density at radius 3 is 2.30 bits per heavy atom. The molecule has 3 fully saturated rings. The minimum Gasteiger partial charge on any atom is -0.461 e. The lowest BCUT2D eigenvalue weighted by Crippen LogP contribution is -2.40. The number of benzene rings is 2. The molecule has 2 aliphatic carbocycles. The smallest absolute Gasteiger partial charge is 0.310 e. The molecule has 2 bridgehead atoms. The van der Waals surface area contributed by atoms with E-state index >= 15 is 0 Å². The van der Waals surface area contributed by atoms with Crippen molar-refractivity contribution >= 4 is 45.1 Å². The predicted octanol–water partition coefficient (Wildman–Crippen LogP) is 4.57. The molecule has 1 heterocycles. The summed E-state index contributed by atoms with van der Waals surface area (Å²) in [6.07, 6.45) is 2.41. The molecule has 6 atom stereocenters. The van der Waals surface area contributed by atoms with Crippen LogP contribution in [0.15, 0.2) is 42.5 Å². The monoisotopic (exact) mass is 510 g/mol. The van der Waals surface area contributed by atoms with Gasteiger partial charge >= 0.3 is 5.97 Å². The van der Waals surface area contributed by atoms with Crippen LogP contribution in [-0.4, -0.2) is 28.7 Å².